The molecule has 0 saturated carbocycles. The van der Waals surface area contributed by atoms with E-state index in [1.165, 1.54) is 18.2 Å². The van der Waals surface area contributed by atoms with E-state index in [0.717, 1.165) is 5.56 Å². The van der Waals surface area contributed by atoms with Crippen molar-refractivity contribution < 1.29 is 9.63 Å². The summed E-state index contributed by atoms with van der Waals surface area (Å²) >= 11 is 0. The molecule has 19 heavy (non-hydrogen) atoms. The van der Waals surface area contributed by atoms with Gasteiger partial charge in [-0.05, 0) is 23.8 Å². The van der Waals surface area contributed by atoms with E-state index in [-0.39, 0.29) is 5.91 Å². The second-order valence-corrected chi connectivity index (χ2v) is 3.89. The van der Waals surface area contributed by atoms with Gasteiger partial charge in [0.1, 0.15) is 0 Å². The van der Waals surface area contributed by atoms with Crippen LogP contribution in [-0.2, 0) is 9.63 Å². The van der Waals surface area contributed by atoms with Gasteiger partial charge in [0, 0.05) is 6.08 Å². The van der Waals surface area contributed by atoms with Crippen molar-refractivity contribution in [2.75, 3.05) is 12.2 Å². The lowest BCUT2D eigenvalue weighted by Crippen LogP contribution is -2.27. The number of hydroxylamine groups is 1. The van der Waals surface area contributed by atoms with Gasteiger partial charge in [0.2, 0.25) is 0 Å². The summed E-state index contributed by atoms with van der Waals surface area (Å²) in [4.78, 5) is 17.2. The predicted molar refractivity (Wildman–Crippen MR) is 76.4 cm³/mol. The first-order valence-corrected chi connectivity index (χ1v) is 5.97. The molecular formula is C16H15NO2. The van der Waals surface area contributed by atoms with Gasteiger partial charge in [-0.1, -0.05) is 48.5 Å². The van der Waals surface area contributed by atoms with Gasteiger partial charge in [0.15, 0.2) is 0 Å². The van der Waals surface area contributed by atoms with Crippen LogP contribution in [0.5, 0.6) is 0 Å². The number of amides is 1. The molecule has 0 atom stereocenters. The fourth-order valence-corrected chi connectivity index (χ4v) is 1.69. The van der Waals surface area contributed by atoms with Gasteiger partial charge in [-0.25, -0.2) is 0 Å². The third kappa shape index (κ3) is 3.53. The van der Waals surface area contributed by atoms with Crippen molar-refractivity contribution in [2.24, 2.45) is 0 Å². The molecule has 0 N–H and O–H groups in total. The maximum absolute atomic E-state index is 12.1. The molecule has 0 heterocycles. The maximum Gasteiger partial charge on any atom is 0.274 e. The fourth-order valence-electron chi connectivity index (χ4n) is 1.69. The van der Waals surface area contributed by atoms with Crippen LogP contribution < -0.4 is 5.06 Å². The molecule has 0 aliphatic rings. The molecule has 2 aromatic rings. The van der Waals surface area contributed by atoms with Gasteiger partial charge < -0.3 is 0 Å². The second-order valence-electron chi connectivity index (χ2n) is 3.89. The van der Waals surface area contributed by atoms with Crippen molar-refractivity contribution in [3.63, 3.8) is 0 Å². The number of carbonyl (C=O) groups is 1. The highest BCUT2D eigenvalue weighted by molar-refractivity contribution is 6.02. The summed E-state index contributed by atoms with van der Waals surface area (Å²) in [7, 11) is 1.47. The van der Waals surface area contributed by atoms with Crippen molar-refractivity contribution >= 4 is 17.7 Å². The van der Waals surface area contributed by atoms with Gasteiger partial charge in [-0.2, -0.15) is 5.06 Å². The van der Waals surface area contributed by atoms with E-state index >= 15 is 0 Å². The summed E-state index contributed by atoms with van der Waals surface area (Å²) in [5.74, 6) is -0.224. The zero-order valence-corrected chi connectivity index (χ0v) is 10.7. The molecule has 0 aliphatic carbocycles. The molecule has 1 amide bonds. The Morgan fingerprint density at radius 1 is 1.00 bits per heavy atom. The Morgan fingerprint density at radius 3 is 2.16 bits per heavy atom. The zero-order chi connectivity index (χ0) is 13.5. The van der Waals surface area contributed by atoms with Crippen molar-refractivity contribution in [1.82, 2.24) is 0 Å². The van der Waals surface area contributed by atoms with Crippen LogP contribution in [-0.4, -0.2) is 13.0 Å². The molecule has 0 aliphatic heterocycles. The zero-order valence-electron chi connectivity index (χ0n) is 10.7. The van der Waals surface area contributed by atoms with Crippen LogP contribution in [0.3, 0.4) is 0 Å². The molecular weight excluding hydrogens is 238 g/mol. The minimum atomic E-state index is -0.224. The predicted octanol–water partition coefficient (Wildman–Crippen LogP) is 3.29. The Balaban J connectivity index is 2.12. The van der Waals surface area contributed by atoms with E-state index in [1.807, 2.05) is 60.7 Å². The van der Waals surface area contributed by atoms with Gasteiger partial charge in [0.25, 0.3) is 5.91 Å². The van der Waals surface area contributed by atoms with Crippen LogP contribution >= 0.6 is 0 Å². The lowest BCUT2D eigenvalue weighted by Gasteiger charge is -2.17. The van der Waals surface area contributed by atoms with E-state index in [9.17, 15) is 4.79 Å². The first-order valence-electron chi connectivity index (χ1n) is 5.97. The van der Waals surface area contributed by atoms with E-state index in [4.69, 9.17) is 4.84 Å². The molecule has 2 rings (SSSR count). The van der Waals surface area contributed by atoms with Crippen molar-refractivity contribution in [1.29, 1.82) is 0 Å². The standard InChI is InChI=1S/C16H15NO2/c1-19-17(15-10-6-3-7-11-15)16(18)13-12-14-8-4-2-5-9-14/h2-13H,1H3/b13-12+. The number of hydrogen-bond acceptors (Lipinski definition) is 2. The number of rotatable bonds is 4. The van der Waals surface area contributed by atoms with Crippen LogP contribution in [0.4, 0.5) is 5.69 Å². The average molecular weight is 253 g/mol. The number of hydrogen-bond donors (Lipinski definition) is 0. The third-order valence-electron chi connectivity index (χ3n) is 2.59. The van der Waals surface area contributed by atoms with E-state index in [1.54, 1.807) is 6.08 Å². The van der Waals surface area contributed by atoms with Crippen molar-refractivity contribution in [2.45, 2.75) is 0 Å². The minimum absolute atomic E-state index is 0.224. The maximum atomic E-state index is 12.1. The normalized spacial score (nSPS) is 10.6. The summed E-state index contributed by atoms with van der Waals surface area (Å²) in [6, 6.07) is 18.9. The highest BCUT2D eigenvalue weighted by atomic mass is 16.7. The van der Waals surface area contributed by atoms with Crippen LogP contribution in [0, 0.1) is 0 Å². The quantitative estimate of drug-likeness (QED) is 0.618. The molecule has 0 aromatic heterocycles. The van der Waals surface area contributed by atoms with Gasteiger partial charge in [-0.3, -0.25) is 9.63 Å². The smallest absolute Gasteiger partial charge is 0.269 e. The first kappa shape index (κ1) is 13.1. The van der Waals surface area contributed by atoms with Crippen molar-refractivity contribution in [3.8, 4) is 0 Å². The summed E-state index contributed by atoms with van der Waals surface area (Å²) in [5, 5.41) is 1.25. The van der Waals surface area contributed by atoms with Gasteiger partial charge >= 0.3 is 0 Å². The lowest BCUT2D eigenvalue weighted by atomic mass is 10.2. The molecule has 0 spiro atoms. The Kier molecular flexibility index (Phi) is 4.48. The molecule has 0 bridgehead atoms. The van der Waals surface area contributed by atoms with Gasteiger partial charge in [0.05, 0.1) is 12.8 Å². The monoisotopic (exact) mass is 253 g/mol. The summed E-state index contributed by atoms with van der Waals surface area (Å²) in [5.41, 5.74) is 1.67. The van der Waals surface area contributed by atoms with E-state index in [2.05, 4.69) is 0 Å². The molecule has 0 radical (unpaired) electrons. The van der Waals surface area contributed by atoms with Gasteiger partial charge in [-0.15, -0.1) is 0 Å². The average Bonchev–Trinajstić information content (AvgIpc) is 2.48. The van der Waals surface area contributed by atoms with E-state index < -0.39 is 0 Å². The number of carbonyl (C=O) groups excluding carboxylic acids is 1. The molecule has 0 saturated heterocycles. The molecule has 3 nitrogen and oxygen atoms in total. The minimum Gasteiger partial charge on any atom is -0.269 e. The summed E-state index contributed by atoms with van der Waals surface area (Å²) in [6.45, 7) is 0. The highest BCUT2D eigenvalue weighted by Gasteiger charge is 2.11. The highest BCUT2D eigenvalue weighted by Crippen LogP contribution is 2.14. The van der Waals surface area contributed by atoms with Crippen LogP contribution in [0.1, 0.15) is 5.56 Å². The largest absolute Gasteiger partial charge is 0.274 e. The second kappa shape index (κ2) is 6.52. The summed E-state index contributed by atoms with van der Waals surface area (Å²) < 4.78 is 0. The van der Waals surface area contributed by atoms with Crippen molar-refractivity contribution in [3.05, 3.63) is 72.3 Å². The number of nitrogens with zero attached hydrogens (tertiary/aromatic N) is 1. The third-order valence-corrected chi connectivity index (χ3v) is 2.59. The molecule has 0 fully saturated rings. The Bertz CT molecular complexity index is 549. The molecule has 3 heteroatoms. The fraction of sp³-hybridized carbons (Fsp3) is 0.0625. The van der Waals surface area contributed by atoms with Crippen LogP contribution in [0.25, 0.3) is 6.08 Å². The molecule has 0 unspecified atom stereocenters. The number of benzene rings is 2. The Hall–Kier alpha value is -2.39. The topological polar surface area (TPSA) is 29.5 Å². The lowest BCUT2D eigenvalue weighted by molar-refractivity contribution is -0.120. The van der Waals surface area contributed by atoms with Crippen LogP contribution in [0.15, 0.2) is 66.7 Å². The summed E-state index contributed by atoms with van der Waals surface area (Å²) in [6.07, 6.45) is 3.25. The Labute approximate surface area is 112 Å². The Morgan fingerprint density at radius 2 is 1.58 bits per heavy atom. The SMILES string of the molecule is CON(C(=O)/C=C/c1ccccc1)c1ccccc1. The molecule has 96 valence electrons. The first-order chi connectivity index (χ1) is 9.31. The van der Waals surface area contributed by atoms with E-state index in [0.29, 0.717) is 5.69 Å². The number of anilines is 1. The van der Waals surface area contributed by atoms with Crippen LogP contribution in [0.2, 0.25) is 0 Å². The molecule has 2 aromatic carbocycles. The number of para-hydroxylation sites is 1.